The number of rotatable bonds is 3. The summed E-state index contributed by atoms with van der Waals surface area (Å²) in [6, 6.07) is 12.5. The molecule has 1 aliphatic heterocycles. The quantitative estimate of drug-likeness (QED) is 0.906. The number of anilines is 2. The lowest BCUT2D eigenvalue weighted by molar-refractivity contribution is -0.115. The average Bonchev–Trinajstić information content (AvgIpc) is 2.75. The molecule has 0 unspecified atom stereocenters. The number of nitrogens with one attached hydrogen (secondary N) is 2. The van der Waals surface area contributed by atoms with Gasteiger partial charge in [-0.25, -0.2) is 0 Å². The molecule has 0 spiro atoms. The lowest BCUT2D eigenvalue weighted by Gasteiger charge is -2.10. The highest BCUT2D eigenvalue weighted by Crippen LogP contribution is 2.31. The van der Waals surface area contributed by atoms with E-state index < -0.39 is 0 Å². The maximum atomic E-state index is 12.4. The molecule has 1 heterocycles. The Hall–Kier alpha value is -2.47. The van der Waals surface area contributed by atoms with Crippen LogP contribution >= 0.6 is 11.8 Å². The van der Waals surface area contributed by atoms with Crippen molar-refractivity contribution in [2.75, 3.05) is 23.5 Å². The summed E-state index contributed by atoms with van der Waals surface area (Å²) < 4.78 is 5.09. The van der Waals surface area contributed by atoms with Crippen LogP contribution in [-0.4, -0.2) is 24.7 Å². The van der Waals surface area contributed by atoms with E-state index in [0.717, 1.165) is 16.4 Å². The highest BCUT2D eigenvalue weighted by atomic mass is 32.2. The highest BCUT2D eigenvalue weighted by molar-refractivity contribution is 7.99. The van der Waals surface area contributed by atoms with Crippen LogP contribution in [0.25, 0.3) is 0 Å². The third kappa shape index (κ3) is 3.65. The van der Waals surface area contributed by atoms with Crippen molar-refractivity contribution in [2.24, 2.45) is 0 Å². The van der Waals surface area contributed by atoms with Crippen LogP contribution in [0, 0.1) is 0 Å². The molecule has 0 bridgehead atoms. The number of fused-ring (bicyclic) bond motifs is 1. The van der Waals surface area contributed by atoms with Gasteiger partial charge in [-0.05, 0) is 42.5 Å². The zero-order chi connectivity index (χ0) is 16.2. The molecule has 2 amide bonds. The Bertz CT molecular complexity index is 744. The van der Waals surface area contributed by atoms with Crippen molar-refractivity contribution in [3.05, 3.63) is 48.0 Å². The van der Waals surface area contributed by atoms with Gasteiger partial charge in [0.15, 0.2) is 0 Å². The van der Waals surface area contributed by atoms with Gasteiger partial charge in [-0.15, -0.1) is 11.8 Å². The number of hydrogen-bond donors (Lipinski definition) is 2. The normalized spacial score (nSPS) is 13.5. The summed E-state index contributed by atoms with van der Waals surface area (Å²) in [7, 11) is 1.59. The molecule has 2 aromatic carbocycles. The van der Waals surface area contributed by atoms with Crippen LogP contribution < -0.4 is 15.4 Å². The average molecular weight is 328 g/mol. The number of amides is 2. The van der Waals surface area contributed by atoms with Crippen molar-refractivity contribution in [1.82, 2.24) is 0 Å². The summed E-state index contributed by atoms with van der Waals surface area (Å²) in [6.07, 6.45) is 0.479. The Kier molecular flexibility index (Phi) is 4.52. The van der Waals surface area contributed by atoms with E-state index in [-0.39, 0.29) is 11.8 Å². The molecule has 118 valence electrons. The zero-order valence-corrected chi connectivity index (χ0v) is 13.4. The third-order valence-corrected chi connectivity index (χ3v) is 4.53. The minimum Gasteiger partial charge on any atom is -0.497 e. The molecule has 0 aliphatic carbocycles. The monoisotopic (exact) mass is 328 g/mol. The largest absolute Gasteiger partial charge is 0.497 e. The predicted octanol–water partition coefficient (Wildman–Crippen LogP) is 3.38. The maximum absolute atomic E-state index is 12.4. The van der Waals surface area contributed by atoms with Crippen LogP contribution in [0.3, 0.4) is 0 Å². The fourth-order valence-electron chi connectivity index (χ4n) is 2.24. The van der Waals surface area contributed by atoms with Crippen molar-refractivity contribution in [1.29, 1.82) is 0 Å². The second kappa shape index (κ2) is 6.75. The summed E-state index contributed by atoms with van der Waals surface area (Å²) in [5.74, 6) is 1.23. The second-order valence-electron chi connectivity index (χ2n) is 5.04. The summed E-state index contributed by atoms with van der Waals surface area (Å²) in [5, 5.41) is 5.67. The maximum Gasteiger partial charge on any atom is 0.255 e. The van der Waals surface area contributed by atoms with E-state index in [0.29, 0.717) is 23.4 Å². The highest BCUT2D eigenvalue weighted by Gasteiger charge is 2.15. The van der Waals surface area contributed by atoms with Crippen LogP contribution in [-0.2, 0) is 4.79 Å². The molecule has 0 aromatic heterocycles. The van der Waals surface area contributed by atoms with E-state index in [2.05, 4.69) is 10.6 Å². The summed E-state index contributed by atoms with van der Waals surface area (Å²) >= 11 is 1.61. The summed E-state index contributed by atoms with van der Waals surface area (Å²) in [6.45, 7) is 0. The molecular weight excluding hydrogens is 312 g/mol. The minimum absolute atomic E-state index is 0.0241. The summed E-state index contributed by atoms with van der Waals surface area (Å²) in [5.41, 5.74) is 1.88. The Labute approximate surface area is 138 Å². The van der Waals surface area contributed by atoms with Gasteiger partial charge in [0.2, 0.25) is 5.91 Å². The van der Waals surface area contributed by atoms with Crippen LogP contribution in [0.1, 0.15) is 16.8 Å². The molecule has 5 nitrogen and oxygen atoms in total. The van der Waals surface area contributed by atoms with Gasteiger partial charge < -0.3 is 15.4 Å². The van der Waals surface area contributed by atoms with E-state index in [9.17, 15) is 9.59 Å². The molecule has 0 atom stereocenters. The molecule has 0 radical (unpaired) electrons. The number of benzene rings is 2. The fourth-order valence-corrected chi connectivity index (χ4v) is 3.18. The van der Waals surface area contributed by atoms with Crippen LogP contribution in [0.5, 0.6) is 5.75 Å². The van der Waals surface area contributed by atoms with Crippen molar-refractivity contribution < 1.29 is 14.3 Å². The molecule has 2 aromatic rings. The van der Waals surface area contributed by atoms with Crippen molar-refractivity contribution in [3.63, 3.8) is 0 Å². The Morgan fingerprint density at radius 2 is 2.00 bits per heavy atom. The van der Waals surface area contributed by atoms with E-state index in [1.807, 2.05) is 6.07 Å². The summed E-state index contributed by atoms with van der Waals surface area (Å²) in [4.78, 5) is 25.0. The van der Waals surface area contributed by atoms with Gasteiger partial charge in [0.05, 0.1) is 12.8 Å². The first-order valence-electron chi connectivity index (χ1n) is 7.18. The van der Waals surface area contributed by atoms with Gasteiger partial charge >= 0.3 is 0 Å². The first-order chi connectivity index (χ1) is 11.2. The third-order valence-electron chi connectivity index (χ3n) is 3.45. The SMILES string of the molecule is COc1ccc(NC(=O)c2ccc3c(c2)NC(=O)CCS3)cc1. The van der Waals surface area contributed by atoms with E-state index in [4.69, 9.17) is 4.74 Å². The lowest BCUT2D eigenvalue weighted by atomic mass is 10.1. The first-order valence-corrected chi connectivity index (χ1v) is 8.16. The number of hydrogen-bond acceptors (Lipinski definition) is 4. The van der Waals surface area contributed by atoms with E-state index in [1.165, 1.54) is 0 Å². The first kappa shape index (κ1) is 15.4. The van der Waals surface area contributed by atoms with Gasteiger partial charge in [-0.1, -0.05) is 0 Å². The van der Waals surface area contributed by atoms with Crippen LogP contribution in [0.4, 0.5) is 11.4 Å². The van der Waals surface area contributed by atoms with Crippen molar-refractivity contribution >= 4 is 35.0 Å². The van der Waals surface area contributed by atoms with Crippen molar-refractivity contribution in [3.8, 4) is 5.75 Å². The predicted molar refractivity (Wildman–Crippen MR) is 91.4 cm³/mol. The van der Waals surface area contributed by atoms with Crippen LogP contribution in [0.2, 0.25) is 0 Å². The molecular formula is C17H16N2O3S. The Balaban J connectivity index is 1.78. The number of thioether (sulfide) groups is 1. The molecule has 23 heavy (non-hydrogen) atoms. The second-order valence-corrected chi connectivity index (χ2v) is 6.18. The van der Waals surface area contributed by atoms with Gasteiger partial charge in [0.1, 0.15) is 5.75 Å². The molecule has 3 rings (SSSR count). The number of carbonyl (C=O) groups is 2. The van der Waals surface area contributed by atoms with E-state index in [1.54, 1.807) is 55.3 Å². The molecule has 0 saturated heterocycles. The zero-order valence-electron chi connectivity index (χ0n) is 12.6. The minimum atomic E-state index is -0.221. The lowest BCUT2D eigenvalue weighted by Crippen LogP contribution is -2.14. The molecule has 1 aliphatic rings. The topological polar surface area (TPSA) is 67.4 Å². The standard InChI is InChI=1S/C17H16N2O3S/c1-22-13-5-3-12(4-6-13)18-17(21)11-2-7-15-14(10-11)19-16(20)8-9-23-15/h2-7,10H,8-9H2,1H3,(H,18,21)(H,19,20). The number of carbonyl (C=O) groups excluding carboxylic acids is 2. The van der Waals surface area contributed by atoms with Crippen LogP contribution in [0.15, 0.2) is 47.4 Å². The van der Waals surface area contributed by atoms with E-state index >= 15 is 0 Å². The number of methoxy groups -OCH3 is 1. The molecule has 0 fully saturated rings. The van der Waals surface area contributed by atoms with Gasteiger partial charge in [-0.3, -0.25) is 9.59 Å². The fraction of sp³-hybridized carbons (Fsp3) is 0.176. The van der Waals surface area contributed by atoms with Gasteiger partial charge in [0, 0.05) is 28.3 Å². The van der Waals surface area contributed by atoms with Gasteiger partial charge in [0.25, 0.3) is 5.91 Å². The smallest absolute Gasteiger partial charge is 0.255 e. The Morgan fingerprint density at radius 1 is 1.22 bits per heavy atom. The molecule has 2 N–H and O–H groups in total. The Morgan fingerprint density at radius 3 is 2.74 bits per heavy atom. The number of ether oxygens (including phenoxy) is 1. The molecule has 0 saturated carbocycles. The van der Waals surface area contributed by atoms with Crippen molar-refractivity contribution in [2.45, 2.75) is 11.3 Å². The van der Waals surface area contributed by atoms with Gasteiger partial charge in [-0.2, -0.15) is 0 Å². The molecule has 6 heteroatoms.